The normalized spacial score (nSPS) is 6.90. The van der Waals surface area contributed by atoms with Crippen LogP contribution in [0.1, 0.15) is 34.6 Å². The lowest BCUT2D eigenvalue weighted by Gasteiger charge is -1.73. The maximum atomic E-state index is 3.74. The summed E-state index contributed by atoms with van der Waals surface area (Å²) >= 11 is 0. The van der Waals surface area contributed by atoms with Gasteiger partial charge in [-0.05, 0) is 19.9 Å². The smallest absolute Gasteiger partial charge is 0.128 e. The van der Waals surface area contributed by atoms with Gasteiger partial charge in [0, 0.05) is 0 Å². The van der Waals surface area contributed by atoms with Crippen molar-refractivity contribution in [1.82, 2.24) is 0 Å². The molecule has 0 aliphatic carbocycles. The molecule has 0 aliphatic heterocycles. The third-order valence-corrected chi connectivity index (χ3v) is 0.364. The minimum Gasteiger partial charge on any atom is -0.278 e. The van der Waals surface area contributed by atoms with Gasteiger partial charge in [-0.3, -0.25) is 9.98 Å². The van der Waals surface area contributed by atoms with Gasteiger partial charge < -0.3 is 0 Å². The van der Waals surface area contributed by atoms with Crippen molar-refractivity contribution in [2.24, 2.45) is 9.98 Å². The van der Waals surface area contributed by atoms with Crippen molar-refractivity contribution >= 4 is 12.9 Å². The molecule has 0 saturated heterocycles. The Bertz CT molecular complexity index is 58.3. The molecule has 0 heterocycles. The van der Waals surface area contributed by atoms with Crippen molar-refractivity contribution in [1.29, 1.82) is 0 Å². The second-order valence-electron chi connectivity index (χ2n) is 0.806. The average Bonchev–Trinajstić information content (AvgIpc) is 2.08. The first-order valence-electron chi connectivity index (χ1n) is 3.78. The number of hydrogen-bond acceptors (Lipinski definition) is 2. The molecule has 62 valence electrons. The van der Waals surface area contributed by atoms with E-state index in [0.29, 0.717) is 6.67 Å². The van der Waals surface area contributed by atoms with Crippen LogP contribution in [0.4, 0.5) is 0 Å². The predicted molar refractivity (Wildman–Crippen MR) is 51.3 cm³/mol. The number of rotatable bonds is 2. The van der Waals surface area contributed by atoms with E-state index in [1.165, 1.54) is 0 Å². The molecule has 0 bridgehead atoms. The van der Waals surface area contributed by atoms with E-state index in [9.17, 15) is 0 Å². The molecule has 0 atom stereocenters. The van der Waals surface area contributed by atoms with Crippen molar-refractivity contribution in [3.8, 4) is 0 Å². The summed E-state index contributed by atoms with van der Waals surface area (Å²) in [4.78, 5) is 7.21. The highest BCUT2D eigenvalue weighted by atomic mass is 14.9. The lowest BCUT2D eigenvalue weighted by Crippen LogP contribution is -1.67. The Morgan fingerprint density at radius 2 is 1.60 bits per heavy atom. The van der Waals surface area contributed by atoms with Crippen molar-refractivity contribution in [2.75, 3.05) is 6.67 Å². The van der Waals surface area contributed by atoms with E-state index in [0.717, 1.165) is 0 Å². The molecule has 0 fully saturated rings. The van der Waals surface area contributed by atoms with Crippen molar-refractivity contribution in [3.63, 3.8) is 0 Å². The summed E-state index contributed by atoms with van der Waals surface area (Å²) < 4.78 is 0. The van der Waals surface area contributed by atoms with Crippen LogP contribution < -0.4 is 0 Å². The van der Waals surface area contributed by atoms with E-state index in [1.807, 2.05) is 34.6 Å². The molecule has 2 heteroatoms. The molecule has 10 heavy (non-hydrogen) atoms. The fourth-order valence-electron chi connectivity index (χ4n) is 0.139. The maximum Gasteiger partial charge on any atom is 0.128 e. The Labute approximate surface area is 65.1 Å². The molecule has 0 saturated carbocycles. The Morgan fingerprint density at radius 1 is 1.20 bits per heavy atom. The van der Waals surface area contributed by atoms with Gasteiger partial charge in [0.05, 0.1) is 0 Å². The zero-order chi connectivity index (χ0) is 8.83. The third kappa shape index (κ3) is 53.9. The lowest BCUT2D eigenvalue weighted by molar-refractivity contribution is 1.09. The number of hydrogen-bond donors (Lipinski definition) is 0. The lowest BCUT2D eigenvalue weighted by atomic mass is 10.9. The number of aliphatic imine (C=N–C) groups is 2. The van der Waals surface area contributed by atoms with Crippen LogP contribution in [0.5, 0.6) is 0 Å². The van der Waals surface area contributed by atoms with Crippen LogP contribution in [0.3, 0.4) is 0 Å². The van der Waals surface area contributed by atoms with Crippen LogP contribution >= 0.6 is 0 Å². The van der Waals surface area contributed by atoms with Crippen LogP contribution in [-0.2, 0) is 0 Å². The molecule has 0 rings (SSSR count). The van der Waals surface area contributed by atoms with Gasteiger partial charge in [0.15, 0.2) is 0 Å². The summed E-state index contributed by atoms with van der Waals surface area (Å²) in [7, 11) is 0. The Kier molecular flexibility index (Phi) is 65.1. The molecular formula is C8H20N2. The van der Waals surface area contributed by atoms with E-state index in [2.05, 4.69) is 16.7 Å². The second-order valence-corrected chi connectivity index (χ2v) is 0.806. The van der Waals surface area contributed by atoms with Crippen LogP contribution in [0.25, 0.3) is 0 Å². The molecule has 2 nitrogen and oxygen atoms in total. The van der Waals surface area contributed by atoms with E-state index >= 15 is 0 Å². The monoisotopic (exact) mass is 144 g/mol. The summed E-state index contributed by atoms with van der Waals surface area (Å²) in [5.74, 6) is 0. The zero-order valence-corrected chi connectivity index (χ0v) is 7.89. The minimum absolute atomic E-state index is 0.497. The summed E-state index contributed by atoms with van der Waals surface area (Å²) in [5.41, 5.74) is 0. The first-order valence-corrected chi connectivity index (χ1v) is 3.78. The van der Waals surface area contributed by atoms with Gasteiger partial charge in [0.1, 0.15) is 6.67 Å². The SMILES string of the molecule is C=NCN=CC.CC.CC. The first-order chi connectivity index (χ1) is 4.91. The van der Waals surface area contributed by atoms with Gasteiger partial charge in [-0.15, -0.1) is 0 Å². The van der Waals surface area contributed by atoms with E-state index in [1.54, 1.807) is 6.21 Å². The summed E-state index contributed by atoms with van der Waals surface area (Å²) in [6.45, 7) is 13.6. The largest absolute Gasteiger partial charge is 0.278 e. The van der Waals surface area contributed by atoms with Crippen LogP contribution in [0.15, 0.2) is 9.98 Å². The fraction of sp³-hybridized carbons (Fsp3) is 0.750. The molecule has 0 spiro atoms. The van der Waals surface area contributed by atoms with Crippen molar-refractivity contribution in [2.45, 2.75) is 34.6 Å². The van der Waals surface area contributed by atoms with E-state index in [-0.39, 0.29) is 0 Å². The fourth-order valence-corrected chi connectivity index (χ4v) is 0.139. The number of nitrogens with zero attached hydrogens (tertiary/aromatic N) is 2. The summed E-state index contributed by atoms with van der Waals surface area (Å²) in [6, 6.07) is 0. The molecule has 0 aromatic rings. The van der Waals surface area contributed by atoms with Gasteiger partial charge in [-0.1, -0.05) is 27.7 Å². The summed E-state index contributed by atoms with van der Waals surface area (Å²) in [5, 5.41) is 0. The highest BCUT2D eigenvalue weighted by Gasteiger charge is 1.56. The standard InChI is InChI=1S/C4H8N2.2C2H6/c1-3-6-4-5-2;2*1-2/h3H,2,4H2,1H3;2*1-2H3. The highest BCUT2D eigenvalue weighted by molar-refractivity contribution is 5.53. The molecular weight excluding hydrogens is 124 g/mol. The zero-order valence-electron chi connectivity index (χ0n) is 7.89. The van der Waals surface area contributed by atoms with Crippen molar-refractivity contribution < 1.29 is 0 Å². The molecule has 0 aromatic heterocycles. The van der Waals surface area contributed by atoms with Crippen molar-refractivity contribution in [3.05, 3.63) is 0 Å². The molecule has 0 aromatic carbocycles. The second kappa shape index (κ2) is 40.3. The first kappa shape index (κ1) is 16.2. The molecule has 0 unspecified atom stereocenters. The molecule has 0 aliphatic rings. The van der Waals surface area contributed by atoms with Gasteiger partial charge in [0.2, 0.25) is 0 Å². The molecule has 0 amide bonds. The van der Waals surface area contributed by atoms with Gasteiger partial charge in [-0.25, -0.2) is 0 Å². The van der Waals surface area contributed by atoms with Crippen LogP contribution in [0.2, 0.25) is 0 Å². The van der Waals surface area contributed by atoms with Gasteiger partial charge in [-0.2, -0.15) is 0 Å². The Morgan fingerprint density at radius 3 is 1.70 bits per heavy atom. The molecule has 0 N–H and O–H groups in total. The van der Waals surface area contributed by atoms with Crippen LogP contribution in [-0.4, -0.2) is 19.6 Å². The Balaban J connectivity index is -0.000000105. The van der Waals surface area contributed by atoms with Crippen LogP contribution in [0, 0.1) is 0 Å². The highest BCUT2D eigenvalue weighted by Crippen LogP contribution is 1.62. The van der Waals surface area contributed by atoms with E-state index < -0.39 is 0 Å². The minimum atomic E-state index is 0.497. The predicted octanol–water partition coefficient (Wildman–Crippen LogP) is 2.79. The van der Waals surface area contributed by atoms with Gasteiger partial charge >= 0.3 is 0 Å². The maximum absolute atomic E-state index is 3.74. The quantitative estimate of drug-likeness (QED) is 0.532. The topological polar surface area (TPSA) is 24.7 Å². The Hall–Kier alpha value is -0.660. The van der Waals surface area contributed by atoms with E-state index in [4.69, 9.17) is 0 Å². The average molecular weight is 144 g/mol. The van der Waals surface area contributed by atoms with Gasteiger partial charge in [0.25, 0.3) is 0 Å². The summed E-state index contributed by atoms with van der Waals surface area (Å²) in [6.07, 6.45) is 1.70. The molecule has 0 radical (unpaired) electrons. The third-order valence-electron chi connectivity index (χ3n) is 0.364.